The fraction of sp³-hybridized carbons (Fsp3) is 0.462. The van der Waals surface area contributed by atoms with Gasteiger partial charge < -0.3 is 9.66 Å². The molecule has 0 radical (unpaired) electrons. The van der Waals surface area contributed by atoms with Crippen LogP contribution in [0.15, 0.2) is 24.3 Å². The number of hydrogen-bond acceptors (Lipinski definition) is 3. The Hall–Kier alpha value is -1.18. The Morgan fingerprint density at radius 3 is 2.50 bits per heavy atom. The Morgan fingerprint density at radius 2 is 2.05 bits per heavy atom. The van der Waals surface area contributed by atoms with Crippen LogP contribution in [0.25, 0.3) is 0 Å². The Bertz CT molecular complexity index is 479. The Labute approximate surface area is 119 Å². The zero-order valence-corrected chi connectivity index (χ0v) is 12.2. The van der Waals surface area contributed by atoms with Gasteiger partial charge in [0.25, 0.3) is 0 Å². The molecule has 1 aromatic rings. The number of aliphatic carboxylic acids is 1. The Balaban J connectivity index is 3.06. The quantitative estimate of drug-likeness (QED) is 0.819. The number of alkyl halides is 1. The third kappa shape index (κ3) is 4.43. The second-order valence-corrected chi connectivity index (χ2v) is 7.27. The van der Waals surface area contributed by atoms with Crippen LogP contribution in [-0.2, 0) is 16.2 Å². The highest BCUT2D eigenvalue weighted by Gasteiger charge is 2.37. The Morgan fingerprint density at radius 1 is 1.45 bits per heavy atom. The number of benzene rings is 1. The van der Waals surface area contributed by atoms with Crippen molar-refractivity contribution in [2.75, 3.05) is 0 Å². The number of halogens is 2. The van der Waals surface area contributed by atoms with Crippen molar-refractivity contribution in [2.24, 2.45) is 0 Å². The molecule has 0 heterocycles. The zero-order chi connectivity index (χ0) is 15.5. The van der Waals surface area contributed by atoms with Gasteiger partial charge in [-0.3, -0.25) is 0 Å². The van der Waals surface area contributed by atoms with Crippen molar-refractivity contribution in [1.29, 1.82) is 0 Å². The first-order chi connectivity index (χ1) is 9.12. The van der Waals surface area contributed by atoms with Gasteiger partial charge in [-0.2, -0.15) is 0 Å². The first-order valence-corrected chi connectivity index (χ1v) is 7.08. The van der Waals surface area contributed by atoms with Gasteiger partial charge in [-0.25, -0.2) is 13.6 Å². The van der Waals surface area contributed by atoms with Crippen LogP contribution in [0.1, 0.15) is 32.4 Å². The lowest BCUT2D eigenvalue weighted by Gasteiger charge is -2.28. The number of carboxylic acids is 1. The SMILES string of the molecule is CC(C)(C)[S@+]([O-])N[C@@H](c1cccc(F)c1)[C@H](F)C(=O)O. The van der Waals surface area contributed by atoms with Crippen LogP contribution < -0.4 is 4.72 Å². The third-order valence-corrected chi connectivity index (χ3v) is 4.11. The van der Waals surface area contributed by atoms with E-state index in [4.69, 9.17) is 5.11 Å². The lowest BCUT2D eigenvalue weighted by Crippen LogP contribution is -2.45. The van der Waals surface area contributed by atoms with Gasteiger partial charge >= 0.3 is 5.97 Å². The van der Waals surface area contributed by atoms with E-state index in [0.717, 1.165) is 12.1 Å². The standard InChI is InChI=1S/C13H17F2NO3S/c1-13(2,3)20(19)16-11(10(15)12(17)18)8-5-4-6-9(14)7-8/h4-7,10-11,16H,1-3H3,(H,17,18)/t10-,11-,20-/m0/s1. The molecule has 4 nitrogen and oxygen atoms in total. The fourth-order valence-corrected chi connectivity index (χ4v) is 2.27. The molecule has 0 aromatic heterocycles. The summed E-state index contributed by atoms with van der Waals surface area (Å²) >= 11 is -1.69. The molecule has 20 heavy (non-hydrogen) atoms. The van der Waals surface area contributed by atoms with E-state index < -0.39 is 40.1 Å². The van der Waals surface area contributed by atoms with Gasteiger partial charge in [-0.05, 0) is 38.5 Å². The largest absolute Gasteiger partial charge is 0.598 e. The third-order valence-electron chi connectivity index (χ3n) is 2.53. The maximum Gasteiger partial charge on any atom is 0.340 e. The molecule has 0 spiro atoms. The van der Waals surface area contributed by atoms with E-state index in [1.807, 2.05) is 0 Å². The van der Waals surface area contributed by atoms with Crippen LogP contribution in [-0.4, -0.2) is 26.5 Å². The maximum atomic E-state index is 13.8. The van der Waals surface area contributed by atoms with E-state index in [9.17, 15) is 18.1 Å². The lowest BCUT2D eigenvalue weighted by atomic mass is 10.0. The summed E-state index contributed by atoms with van der Waals surface area (Å²) < 4.78 is 40.8. The summed E-state index contributed by atoms with van der Waals surface area (Å²) in [6, 6.07) is 3.52. The van der Waals surface area contributed by atoms with Crippen molar-refractivity contribution < 1.29 is 23.2 Å². The number of rotatable bonds is 5. The molecule has 0 saturated carbocycles. The summed E-state index contributed by atoms with van der Waals surface area (Å²) in [4.78, 5) is 10.8. The molecule has 0 amide bonds. The highest BCUT2D eigenvalue weighted by molar-refractivity contribution is 7.90. The van der Waals surface area contributed by atoms with Crippen LogP contribution in [0.2, 0.25) is 0 Å². The lowest BCUT2D eigenvalue weighted by molar-refractivity contribution is -0.143. The minimum atomic E-state index is -2.33. The van der Waals surface area contributed by atoms with Gasteiger partial charge in [0.05, 0.1) is 0 Å². The smallest absolute Gasteiger partial charge is 0.340 e. The van der Waals surface area contributed by atoms with Crippen molar-refractivity contribution in [3.63, 3.8) is 0 Å². The van der Waals surface area contributed by atoms with Crippen molar-refractivity contribution in [2.45, 2.75) is 37.7 Å². The minimum Gasteiger partial charge on any atom is -0.598 e. The number of hydrogen-bond donors (Lipinski definition) is 2. The van der Waals surface area contributed by atoms with Gasteiger partial charge in [-0.1, -0.05) is 12.1 Å². The molecule has 2 N–H and O–H groups in total. The summed E-state index contributed by atoms with van der Waals surface area (Å²) in [7, 11) is 0. The molecule has 0 saturated heterocycles. The molecule has 112 valence electrons. The topological polar surface area (TPSA) is 72.4 Å². The van der Waals surface area contributed by atoms with Crippen molar-refractivity contribution in [3.05, 3.63) is 35.6 Å². The summed E-state index contributed by atoms with van der Waals surface area (Å²) in [6.07, 6.45) is -2.33. The van der Waals surface area contributed by atoms with Gasteiger partial charge in [0, 0.05) is 11.4 Å². The minimum absolute atomic E-state index is 0.0949. The van der Waals surface area contributed by atoms with E-state index in [-0.39, 0.29) is 5.56 Å². The van der Waals surface area contributed by atoms with Gasteiger partial charge in [-0.15, -0.1) is 4.72 Å². The zero-order valence-electron chi connectivity index (χ0n) is 11.4. The van der Waals surface area contributed by atoms with Crippen LogP contribution in [0, 0.1) is 5.82 Å². The van der Waals surface area contributed by atoms with E-state index >= 15 is 0 Å². The van der Waals surface area contributed by atoms with Gasteiger partial charge in [0.15, 0.2) is 0 Å². The summed E-state index contributed by atoms with van der Waals surface area (Å²) in [5, 5.41) is 8.79. The Kier molecular flexibility index (Phi) is 5.50. The van der Waals surface area contributed by atoms with Crippen molar-refractivity contribution >= 4 is 17.3 Å². The van der Waals surface area contributed by atoms with Crippen LogP contribution in [0.4, 0.5) is 8.78 Å². The number of nitrogens with one attached hydrogen (secondary N) is 1. The van der Waals surface area contributed by atoms with E-state index in [1.165, 1.54) is 12.1 Å². The predicted octanol–water partition coefficient (Wildman–Crippen LogP) is 2.34. The predicted molar refractivity (Wildman–Crippen MR) is 72.7 cm³/mol. The number of carbonyl (C=O) groups is 1. The van der Waals surface area contributed by atoms with E-state index in [2.05, 4.69) is 4.72 Å². The first-order valence-electron chi connectivity index (χ1n) is 5.93. The molecule has 1 rings (SSSR count). The second kappa shape index (κ2) is 6.51. The highest BCUT2D eigenvalue weighted by Crippen LogP contribution is 2.25. The molecule has 1 aromatic carbocycles. The fourth-order valence-electron chi connectivity index (χ4n) is 1.43. The molecule has 0 aliphatic carbocycles. The van der Waals surface area contributed by atoms with Crippen LogP contribution in [0.3, 0.4) is 0 Å². The second-order valence-electron chi connectivity index (χ2n) is 5.27. The van der Waals surface area contributed by atoms with E-state index in [1.54, 1.807) is 20.8 Å². The molecule has 0 aliphatic heterocycles. The van der Waals surface area contributed by atoms with Crippen molar-refractivity contribution in [1.82, 2.24) is 4.72 Å². The molecule has 0 unspecified atom stereocenters. The van der Waals surface area contributed by atoms with Crippen molar-refractivity contribution in [3.8, 4) is 0 Å². The summed E-state index contributed by atoms with van der Waals surface area (Å²) in [6.45, 7) is 4.98. The molecule has 7 heteroatoms. The van der Waals surface area contributed by atoms with Crippen LogP contribution in [0.5, 0.6) is 0 Å². The monoisotopic (exact) mass is 305 g/mol. The van der Waals surface area contributed by atoms with Gasteiger partial charge in [0.2, 0.25) is 6.17 Å². The molecular formula is C13H17F2NO3S. The molecule has 3 atom stereocenters. The summed E-state index contributed by atoms with van der Waals surface area (Å²) in [5.41, 5.74) is 0.0949. The van der Waals surface area contributed by atoms with Crippen LogP contribution >= 0.6 is 0 Å². The average molecular weight is 305 g/mol. The number of carboxylic acid groups (broad SMARTS) is 1. The first kappa shape index (κ1) is 16.9. The average Bonchev–Trinajstić information content (AvgIpc) is 2.33. The molecule has 0 aliphatic rings. The molecular weight excluding hydrogens is 288 g/mol. The van der Waals surface area contributed by atoms with E-state index in [0.29, 0.717) is 0 Å². The van der Waals surface area contributed by atoms with Gasteiger partial charge in [0.1, 0.15) is 16.6 Å². The molecule has 0 bridgehead atoms. The maximum absolute atomic E-state index is 13.8. The normalized spacial score (nSPS) is 16.5. The molecule has 0 fully saturated rings. The summed E-state index contributed by atoms with van der Waals surface area (Å²) in [5.74, 6) is -2.31. The highest BCUT2D eigenvalue weighted by atomic mass is 32.2.